The van der Waals surface area contributed by atoms with Crippen LogP contribution in [-0.2, 0) is 16.0 Å². The van der Waals surface area contributed by atoms with Crippen LogP contribution in [-0.4, -0.2) is 19.2 Å². The first-order valence-electron chi connectivity index (χ1n) is 5.02. The van der Waals surface area contributed by atoms with E-state index in [0.717, 1.165) is 12.1 Å². The van der Waals surface area contributed by atoms with Crippen molar-refractivity contribution in [1.82, 2.24) is 0 Å². The number of rotatable bonds is 5. The number of alkyl halides is 2. The van der Waals surface area contributed by atoms with Crippen molar-refractivity contribution in [3.63, 3.8) is 0 Å². The van der Waals surface area contributed by atoms with Gasteiger partial charge in [0.15, 0.2) is 11.6 Å². The largest absolute Gasteiger partial charge is 0.466 e. The molecule has 1 aromatic carbocycles. The Bertz CT molecular complexity index is 438. The number of carbonyl (C=O) groups excluding carboxylic acids is 1. The van der Waals surface area contributed by atoms with Crippen LogP contribution in [0.25, 0.3) is 0 Å². The van der Waals surface area contributed by atoms with E-state index in [0.29, 0.717) is 0 Å². The molecule has 0 saturated carbocycles. The van der Waals surface area contributed by atoms with Gasteiger partial charge in [0.1, 0.15) is 0 Å². The molecular weight excluding hydrogens is 273 g/mol. The Morgan fingerprint density at radius 2 is 2.11 bits per heavy atom. The smallest absolute Gasteiger partial charge is 0.387 e. The summed E-state index contributed by atoms with van der Waals surface area (Å²) in [6.45, 7) is -1.34. The quantitative estimate of drug-likeness (QED) is 0.778. The lowest BCUT2D eigenvalue weighted by Crippen LogP contribution is -2.09. The van der Waals surface area contributed by atoms with Gasteiger partial charge in [0, 0.05) is 11.1 Å². The highest BCUT2D eigenvalue weighted by atomic mass is 35.5. The fourth-order valence-corrected chi connectivity index (χ4v) is 1.48. The van der Waals surface area contributed by atoms with Crippen LogP contribution < -0.4 is 4.74 Å². The van der Waals surface area contributed by atoms with Gasteiger partial charge in [-0.3, -0.25) is 4.79 Å². The minimum absolute atomic E-state index is 0.0416. The van der Waals surface area contributed by atoms with E-state index < -0.39 is 24.1 Å². The maximum absolute atomic E-state index is 13.4. The zero-order chi connectivity index (χ0) is 13.7. The Hall–Kier alpha value is -1.43. The summed E-state index contributed by atoms with van der Waals surface area (Å²) >= 11 is 5.73. The number of hydrogen-bond donors (Lipinski definition) is 0. The fraction of sp³-hybridized carbons (Fsp3) is 0.364. The molecule has 0 heterocycles. The molecule has 0 aliphatic rings. The topological polar surface area (TPSA) is 35.5 Å². The second-order valence-electron chi connectivity index (χ2n) is 3.23. The number of ether oxygens (including phenoxy) is 2. The van der Waals surface area contributed by atoms with Gasteiger partial charge in [0.2, 0.25) is 0 Å². The van der Waals surface area contributed by atoms with Gasteiger partial charge in [0.25, 0.3) is 0 Å². The van der Waals surface area contributed by atoms with E-state index in [9.17, 15) is 18.0 Å². The van der Waals surface area contributed by atoms with E-state index in [2.05, 4.69) is 9.47 Å². The predicted octanol–water partition coefficient (Wildman–Crippen LogP) is 3.19. The molecule has 1 rings (SSSR count). The Morgan fingerprint density at radius 1 is 1.44 bits per heavy atom. The SMILES string of the molecule is CCOC(=O)Cc1cc(F)c(OC(F)F)cc1Cl. The number of hydrogen-bond acceptors (Lipinski definition) is 3. The Morgan fingerprint density at radius 3 is 2.67 bits per heavy atom. The van der Waals surface area contributed by atoms with Crippen molar-refractivity contribution >= 4 is 17.6 Å². The Labute approximate surface area is 106 Å². The molecule has 0 saturated heterocycles. The molecule has 18 heavy (non-hydrogen) atoms. The predicted molar refractivity (Wildman–Crippen MR) is 58.4 cm³/mol. The summed E-state index contributed by atoms with van der Waals surface area (Å²) in [6, 6.07) is 1.77. The van der Waals surface area contributed by atoms with Gasteiger partial charge in [-0.25, -0.2) is 4.39 Å². The number of benzene rings is 1. The molecule has 0 fully saturated rings. The molecule has 0 amide bonds. The first-order chi connectivity index (χ1) is 8.43. The molecule has 0 unspecified atom stereocenters. The lowest BCUT2D eigenvalue weighted by atomic mass is 10.1. The van der Waals surface area contributed by atoms with Gasteiger partial charge < -0.3 is 9.47 Å². The second-order valence-corrected chi connectivity index (χ2v) is 3.64. The molecule has 0 aliphatic heterocycles. The van der Waals surface area contributed by atoms with Gasteiger partial charge in [-0.1, -0.05) is 11.6 Å². The van der Waals surface area contributed by atoms with Crippen LogP contribution in [0, 0.1) is 5.82 Å². The summed E-state index contributed by atoms with van der Waals surface area (Å²) in [5.74, 6) is -2.26. The normalized spacial score (nSPS) is 10.6. The molecule has 1 aromatic rings. The molecule has 0 N–H and O–H groups in total. The second kappa shape index (κ2) is 6.49. The Kier molecular flexibility index (Phi) is 5.27. The first-order valence-corrected chi connectivity index (χ1v) is 5.40. The van der Waals surface area contributed by atoms with Gasteiger partial charge in [0.05, 0.1) is 13.0 Å². The van der Waals surface area contributed by atoms with Crippen LogP contribution in [0.15, 0.2) is 12.1 Å². The fourth-order valence-electron chi connectivity index (χ4n) is 1.26. The van der Waals surface area contributed by atoms with Crippen LogP contribution in [0.3, 0.4) is 0 Å². The summed E-state index contributed by atoms with van der Waals surface area (Å²) in [6.07, 6.45) is -0.238. The van der Waals surface area contributed by atoms with Crippen LogP contribution in [0.2, 0.25) is 5.02 Å². The minimum atomic E-state index is -3.15. The van der Waals surface area contributed by atoms with Gasteiger partial charge in [-0.15, -0.1) is 0 Å². The van der Waals surface area contributed by atoms with Crippen LogP contribution in [0.4, 0.5) is 13.2 Å². The summed E-state index contributed by atoms with van der Waals surface area (Å²) < 4.78 is 45.8. The maximum Gasteiger partial charge on any atom is 0.387 e. The van der Waals surface area contributed by atoms with Crippen molar-refractivity contribution in [2.24, 2.45) is 0 Å². The van der Waals surface area contributed by atoms with E-state index in [1.165, 1.54) is 0 Å². The number of esters is 1. The highest BCUT2D eigenvalue weighted by Gasteiger charge is 2.15. The van der Waals surface area contributed by atoms with E-state index in [-0.39, 0.29) is 23.6 Å². The van der Waals surface area contributed by atoms with Gasteiger partial charge in [-0.05, 0) is 18.6 Å². The molecule has 7 heteroatoms. The lowest BCUT2D eigenvalue weighted by molar-refractivity contribution is -0.142. The third-order valence-corrected chi connectivity index (χ3v) is 2.31. The molecular formula is C11H10ClF3O3. The summed E-state index contributed by atoms with van der Waals surface area (Å²) in [7, 11) is 0. The van der Waals surface area contributed by atoms with E-state index >= 15 is 0 Å². The van der Waals surface area contributed by atoms with Crippen molar-refractivity contribution in [2.75, 3.05) is 6.61 Å². The molecule has 0 bridgehead atoms. The molecule has 0 aromatic heterocycles. The van der Waals surface area contributed by atoms with Crippen molar-refractivity contribution in [3.8, 4) is 5.75 Å². The third kappa shape index (κ3) is 4.10. The molecule has 0 radical (unpaired) electrons. The van der Waals surface area contributed by atoms with E-state index in [4.69, 9.17) is 11.6 Å². The van der Waals surface area contributed by atoms with Crippen LogP contribution in [0.1, 0.15) is 12.5 Å². The molecule has 0 atom stereocenters. The van der Waals surface area contributed by atoms with Crippen molar-refractivity contribution in [1.29, 1.82) is 0 Å². The van der Waals surface area contributed by atoms with E-state index in [1.807, 2.05) is 0 Å². The minimum Gasteiger partial charge on any atom is -0.466 e. The molecule has 100 valence electrons. The van der Waals surface area contributed by atoms with E-state index in [1.54, 1.807) is 6.92 Å². The van der Waals surface area contributed by atoms with Gasteiger partial charge in [-0.2, -0.15) is 8.78 Å². The first kappa shape index (κ1) is 14.6. The van der Waals surface area contributed by atoms with Crippen LogP contribution >= 0.6 is 11.6 Å². The average molecular weight is 283 g/mol. The zero-order valence-corrected chi connectivity index (χ0v) is 10.1. The average Bonchev–Trinajstić information content (AvgIpc) is 2.25. The highest BCUT2D eigenvalue weighted by molar-refractivity contribution is 6.31. The lowest BCUT2D eigenvalue weighted by Gasteiger charge is -2.09. The van der Waals surface area contributed by atoms with Crippen LogP contribution in [0.5, 0.6) is 5.75 Å². The third-order valence-electron chi connectivity index (χ3n) is 1.96. The van der Waals surface area contributed by atoms with Crippen molar-refractivity contribution < 1.29 is 27.4 Å². The number of carbonyl (C=O) groups is 1. The van der Waals surface area contributed by atoms with Gasteiger partial charge >= 0.3 is 12.6 Å². The highest BCUT2D eigenvalue weighted by Crippen LogP contribution is 2.27. The Balaban J connectivity index is 2.89. The molecule has 3 nitrogen and oxygen atoms in total. The summed E-state index contributed by atoms with van der Waals surface area (Å²) in [4.78, 5) is 11.2. The maximum atomic E-state index is 13.4. The standard InChI is InChI=1S/C11H10ClF3O3/c1-2-17-10(16)4-6-3-8(13)9(5-7(6)12)18-11(14)15/h3,5,11H,2,4H2,1H3. The van der Waals surface area contributed by atoms with Crippen molar-refractivity contribution in [3.05, 3.63) is 28.5 Å². The molecule has 0 spiro atoms. The number of halogens is 4. The van der Waals surface area contributed by atoms with Crippen molar-refractivity contribution in [2.45, 2.75) is 20.0 Å². The summed E-state index contributed by atoms with van der Waals surface area (Å²) in [5.41, 5.74) is 0.147. The zero-order valence-electron chi connectivity index (χ0n) is 9.38. The summed E-state index contributed by atoms with van der Waals surface area (Å²) in [5, 5.41) is -0.0416. The monoisotopic (exact) mass is 282 g/mol. The molecule has 0 aliphatic carbocycles.